The van der Waals surface area contributed by atoms with Crippen molar-refractivity contribution in [3.8, 4) is 0 Å². The molecule has 3 nitrogen and oxygen atoms in total. The molecule has 2 unspecified atom stereocenters. The predicted octanol–water partition coefficient (Wildman–Crippen LogP) is 1.79. The van der Waals surface area contributed by atoms with Gasteiger partial charge in [-0.05, 0) is 39.7 Å². The summed E-state index contributed by atoms with van der Waals surface area (Å²) in [6.45, 7) is 3.25. The van der Waals surface area contributed by atoms with Gasteiger partial charge in [0.05, 0.1) is 18.3 Å². The van der Waals surface area contributed by atoms with Crippen molar-refractivity contribution in [2.24, 2.45) is 0 Å². The van der Waals surface area contributed by atoms with Crippen LogP contribution in [0, 0.1) is 0 Å². The van der Waals surface area contributed by atoms with E-state index < -0.39 is 0 Å². The van der Waals surface area contributed by atoms with E-state index >= 15 is 0 Å². The number of aliphatic hydroxyl groups is 1. The molecule has 1 aliphatic heterocycles. The van der Waals surface area contributed by atoms with Crippen molar-refractivity contribution < 1.29 is 9.84 Å². The number of hydrogen-bond donors (Lipinski definition) is 1. The summed E-state index contributed by atoms with van der Waals surface area (Å²) >= 11 is 0. The van der Waals surface area contributed by atoms with Crippen molar-refractivity contribution in [2.45, 2.75) is 63.2 Å². The summed E-state index contributed by atoms with van der Waals surface area (Å²) in [7, 11) is 2.07. The van der Waals surface area contributed by atoms with Gasteiger partial charge in [-0.15, -0.1) is 0 Å². The molecule has 1 saturated carbocycles. The van der Waals surface area contributed by atoms with Gasteiger partial charge < -0.3 is 9.84 Å². The van der Waals surface area contributed by atoms with E-state index in [9.17, 15) is 0 Å². The normalized spacial score (nSPS) is 30.4. The van der Waals surface area contributed by atoms with Crippen molar-refractivity contribution in [3.63, 3.8) is 0 Å². The van der Waals surface area contributed by atoms with Gasteiger partial charge in [0, 0.05) is 12.6 Å². The van der Waals surface area contributed by atoms with Gasteiger partial charge in [-0.1, -0.05) is 12.8 Å². The first-order valence-corrected chi connectivity index (χ1v) is 6.64. The summed E-state index contributed by atoms with van der Waals surface area (Å²) < 4.78 is 6.25. The highest BCUT2D eigenvalue weighted by molar-refractivity contribution is 4.93. The van der Waals surface area contributed by atoms with Crippen molar-refractivity contribution >= 4 is 0 Å². The fourth-order valence-corrected chi connectivity index (χ4v) is 3.05. The Kier molecular flexibility index (Phi) is 3.88. The lowest BCUT2D eigenvalue weighted by atomic mass is 9.98. The molecule has 3 heteroatoms. The molecule has 2 rings (SSSR count). The Labute approximate surface area is 98.8 Å². The van der Waals surface area contributed by atoms with Crippen LogP contribution >= 0.6 is 0 Å². The van der Waals surface area contributed by atoms with Gasteiger partial charge in [0.25, 0.3) is 0 Å². The van der Waals surface area contributed by atoms with E-state index in [-0.39, 0.29) is 18.2 Å². The minimum absolute atomic E-state index is 0.231. The van der Waals surface area contributed by atoms with Crippen LogP contribution in [0.25, 0.3) is 0 Å². The lowest BCUT2D eigenvalue weighted by Gasteiger charge is -2.28. The number of ether oxygens (including phenoxy) is 1. The van der Waals surface area contributed by atoms with Crippen molar-refractivity contribution in [1.82, 2.24) is 4.90 Å². The Morgan fingerprint density at radius 1 is 1.38 bits per heavy atom. The first-order valence-electron chi connectivity index (χ1n) is 6.64. The lowest BCUT2D eigenvalue weighted by molar-refractivity contribution is -0.0495. The number of nitrogens with zero attached hydrogens (tertiary/aromatic N) is 1. The number of aliphatic hydroxyl groups excluding tert-OH is 1. The zero-order valence-corrected chi connectivity index (χ0v) is 10.6. The molecule has 1 saturated heterocycles. The summed E-state index contributed by atoms with van der Waals surface area (Å²) in [6, 6.07) is 0.240. The maximum atomic E-state index is 9.10. The molecule has 0 aromatic heterocycles. The molecule has 0 aromatic rings. The summed E-state index contributed by atoms with van der Waals surface area (Å²) in [5.41, 5.74) is 0.244. The van der Waals surface area contributed by atoms with Gasteiger partial charge in [0.1, 0.15) is 0 Å². The highest BCUT2D eigenvalue weighted by atomic mass is 16.5. The Bertz CT molecular complexity index is 226. The van der Waals surface area contributed by atoms with Crippen LogP contribution in [0.5, 0.6) is 0 Å². The molecule has 16 heavy (non-hydrogen) atoms. The van der Waals surface area contributed by atoms with Crippen LogP contribution in [0.3, 0.4) is 0 Å². The maximum Gasteiger partial charge on any atom is 0.0710 e. The molecule has 2 atom stereocenters. The molecule has 94 valence electrons. The molecule has 1 N–H and O–H groups in total. The van der Waals surface area contributed by atoms with E-state index in [4.69, 9.17) is 9.84 Å². The van der Waals surface area contributed by atoms with Gasteiger partial charge in [0.2, 0.25) is 0 Å². The largest absolute Gasteiger partial charge is 0.395 e. The molecule has 2 fully saturated rings. The van der Waals surface area contributed by atoms with Crippen LogP contribution in [0.2, 0.25) is 0 Å². The van der Waals surface area contributed by atoms with E-state index in [1.54, 1.807) is 0 Å². The van der Waals surface area contributed by atoms with E-state index in [2.05, 4.69) is 18.9 Å². The van der Waals surface area contributed by atoms with E-state index in [0.717, 1.165) is 6.54 Å². The summed E-state index contributed by atoms with van der Waals surface area (Å²) in [5.74, 6) is 0. The summed E-state index contributed by atoms with van der Waals surface area (Å²) in [4.78, 5) is 2.21. The van der Waals surface area contributed by atoms with Gasteiger partial charge in [-0.25, -0.2) is 0 Å². The number of rotatable bonds is 4. The van der Waals surface area contributed by atoms with E-state index in [1.165, 1.54) is 38.5 Å². The minimum atomic E-state index is 0.231. The Morgan fingerprint density at radius 2 is 2.06 bits per heavy atom. The summed E-state index contributed by atoms with van der Waals surface area (Å²) in [6.07, 6.45) is 8.05. The minimum Gasteiger partial charge on any atom is -0.395 e. The molecular weight excluding hydrogens is 202 g/mol. The van der Waals surface area contributed by atoms with Crippen molar-refractivity contribution in [3.05, 3.63) is 0 Å². The molecule has 0 amide bonds. The maximum absolute atomic E-state index is 9.10. The standard InChI is InChI=1S/C13H25NO2/c1-11(10-15)14(2)9-12-5-8-13(16-12)6-3-4-7-13/h11-12,15H,3-10H2,1-2H3. The van der Waals surface area contributed by atoms with Crippen molar-refractivity contribution in [1.29, 1.82) is 0 Å². The fraction of sp³-hybridized carbons (Fsp3) is 1.00. The molecule has 2 aliphatic rings. The van der Waals surface area contributed by atoms with Gasteiger partial charge in [-0.2, -0.15) is 0 Å². The van der Waals surface area contributed by atoms with Crippen LogP contribution in [-0.2, 0) is 4.74 Å². The monoisotopic (exact) mass is 227 g/mol. The molecule has 1 aliphatic carbocycles. The first kappa shape index (κ1) is 12.3. The molecular formula is C13H25NO2. The average Bonchev–Trinajstić information content (AvgIpc) is 2.89. The van der Waals surface area contributed by atoms with E-state index in [0.29, 0.717) is 6.10 Å². The fourth-order valence-electron chi connectivity index (χ4n) is 3.05. The van der Waals surface area contributed by atoms with Crippen LogP contribution in [0.1, 0.15) is 45.4 Å². The SMILES string of the molecule is CC(CO)N(C)CC1CCC2(CCCC2)O1. The second kappa shape index (κ2) is 5.03. The third kappa shape index (κ3) is 2.58. The van der Waals surface area contributed by atoms with Crippen LogP contribution < -0.4 is 0 Å². The molecule has 0 radical (unpaired) electrons. The smallest absolute Gasteiger partial charge is 0.0710 e. The third-order valence-corrected chi connectivity index (χ3v) is 4.36. The van der Waals surface area contributed by atoms with Gasteiger partial charge in [0.15, 0.2) is 0 Å². The van der Waals surface area contributed by atoms with Crippen LogP contribution in [0.4, 0.5) is 0 Å². The number of hydrogen-bond acceptors (Lipinski definition) is 3. The molecule has 1 heterocycles. The van der Waals surface area contributed by atoms with E-state index in [1.807, 2.05) is 0 Å². The molecule has 0 aromatic carbocycles. The van der Waals surface area contributed by atoms with Crippen molar-refractivity contribution in [2.75, 3.05) is 20.2 Å². The topological polar surface area (TPSA) is 32.7 Å². The quantitative estimate of drug-likeness (QED) is 0.795. The molecule has 1 spiro atoms. The second-order valence-corrected chi connectivity index (χ2v) is 5.64. The summed E-state index contributed by atoms with van der Waals surface area (Å²) in [5, 5.41) is 9.10. The third-order valence-electron chi connectivity index (χ3n) is 4.36. The second-order valence-electron chi connectivity index (χ2n) is 5.64. The Morgan fingerprint density at radius 3 is 2.69 bits per heavy atom. The Balaban J connectivity index is 1.80. The first-order chi connectivity index (χ1) is 7.65. The highest BCUT2D eigenvalue weighted by Crippen LogP contribution is 2.43. The zero-order chi connectivity index (χ0) is 11.6. The average molecular weight is 227 g/mol. The van der Waals surface area contributed by atoms with Crippen LogP contribution in [-0.4, -0.2) is 48.0 Å². The highest BCUT2D eigenvalue weighted by Gasteiger charge is 2.42. The lowest BCUT2D eigenvalue weighted by Crippen LogP contribution is -2.38. The van der Waals surface area contributed by atoms with Crippen LogP contribution in [0.15, 0.2) is 0 Å². The van der Waals surface area contributed by atoms with Gasteiger partial charge in [-0.3, -0.25) is 4.90 Å². The predicted molar refractivity (Wildman–Crippen MR) is 64.5 cm³/mol. The van der Waals surface area contributed by atoms with Gasteiger partial charge >= 0.3 is 0 Å². The number of likely N-dealkylation sites (N-methyl/N-ethyl adjacent to an activating group) is 1. The molecule has 0 bridgehead atoms. The zero-order valence-electron chi connectivity index (χ0n) is 10.6. The Hall–Kier alpha value is -0.120.